The molecule has 1 heterocycles. The van der Waals surface area contributed by atoms with Gasteiger partial charge in [0.15, 0.2) is 0 Å². The third-order valence-corrected chi connectivity index (χ3v) is 3.39. The van der Waals surface area contributed by atoms with Crippen molar-refractivity contribution >= 4 is 5.78 Å². The first kappa shape index (κ1) is 20.5. The van der Waals surface area contributed by atoms with Crippen LogP contribution in [0.25, 0.3) is 0 Å². The monoisotopic (exact) mass is 304 g/mol. The number of carbonyl (C=O) groups excluding carboxylic acids is 1. The zero-order chi connectivity index (χ0) is 16.8. The Labute approximate surface area is 128 Å². The number of aliphatic hydroxyl groups excluding tert-OH is 2. The molecule has 5 atom stereocenters. The van der Waals surface area contributed by atoms with E-state index in [-0.39, 0.29) is 24.7 Å². The van der Waals surface area contributed by atoms with Crippen molar-refractivity contribution in [1.82, 2.24) is 0 Å². The molecule has 126 valence electrons. The summed E-state index contributed by atoms with van der Waals surface area (Å²) in [5, 5.41) is 29.3. The summed E-state index contributed by atoms with van der Waals surface area (Å²) in [5.74, 6) is -0.560. The zero-order valence-electron chi connectivity index (χ0n) is 14.2. The summed E-state index contributed by atoms with van der Waals surface area (Å²) in [6.45, 7) is 10.9. The van der Waals surface area contributed by atoms with Gasteiger partial charge < -0.3 is 20.1 Å². The molecule has 1 fully saturated rings. The standard InChI is InChI=1S/C13H24O5.C3H8/c1-7-10(5-9(14)6-13(3,4)17)12(16)11(15)8(2)18-7;1-3-2/h7-8,10-12,15-17H,5-6H2,1-4H3;3H2,1-2H3. The smallest absolute Gasteiger partial charge is 0.136 e. The Morgan fingerprint density at radius 1 is 1.10 bits per heavy atom. The fourth-order valence-corrected chi connectivity index (χ4v) is 2.43. The lowest BCUT2D eigenvalue weighted by Gasteiger charge is -2.40. The number of aliphatic hydroxyl groups is 3. The fourth-order valence-electron chi connectivity index (χ4n) is 2.43. The summed E-state index contributed by atoms with van der Waals surface area (Å²) in [5.41, 5.74) is -1.05. The molecule has 1 aliphatic rings. The van der Waals surface area contributed by atoms with Crippen LogP contribution in [0.5, 0.6) is 0 Å². The van der Waals surface area contributed by atoms with Crippen LogP contribution in [0.15, 0.2) is 0 Å². The average molecular weight is 304 g/mol. The van der Waals surface area contributed by atoms with Crippen LogP contribution >= 0.6 is 0 Å². The van der Waals surface area contributed by atoms with Crippen molar-refractivity contribution in [3.8, 4) is 0 Å². The molecule has 1 rings (SSSR count). The van der Waals surface area contributed by atoms with Crippen LogP contribution < -0.4 is 0 Å². The maximum Gasteiger partial charge on any atom is 0.136 e. The van der Waals surface area contributed by atoms with E-state index in [0.29, 0.717) is 0 Å². The van der Waals surface area contributed by atoms with Crippen molar-refractivity contribution in [2.45, 2.75) is 90.8 Å². The van der Waals surface area contributed by atoms with E-state index >= 15 is 0 Å². The molecule has 0 aromatic rings. The Kier molecular flexibility index (Phi) is 8.63. The van der Waals surface area contributed by atoms with Gasteiger partial charge in [-0.3, -0.25) is 4.79 Å². The largest absolute Gasteiger partial charge is 0.390 e. The van der Waals surface area contributed by atoms with E-state index in [1.54, 1.807) is 27.7 Å². The summed E-state index contributed by atoms with van der Waals surface area (Å²) in [7, 11) is 0. The van der Waals surface area contributed by atoms with Crippen molar-refractivity contribution in [2.24, 2.45) is 5.92 Å². The topological polar surface area (TPSA) is 87.0 Å². The van der Waals surface area contributed by atoms with Gasteiger partial charge in [-0.05, 0) is 27.7 Å². The summed E-state index contributed by atoms with van der Waals surface area (Å²) in [4.78, 5) is 11.8. The van der Waals surface area contributed by atoms with Gasteiger partial charge in [0.2, 0.25) is 0 Å². The maximum absolute atomic E-state index is 11.8. The van der Waals surface area contributed by atoms with Gasteiger partial charge >= 0.3 is 0 Å². The number of carbonyl (C=O) groups is 1. The predicted octanol–water partition coefficient (Wildman–Crippen LogP) is 1.67. The zero-order valence-corrected chi connectivity index (χ0v) is 14.2. The first-order valence-corrected chi connectivity index (χ1v) is 7.79. The molecular weight excluding hydrogens is 272 g/mol. The first-order chi connectivity index (χ1) is 9.53. The lowest BCUT2D eigenvalue weighted by Crippen LogP contribution is -2.53. The Hall–Kier alpha value is -0.490. The summed E-state index contributed by atoms with van der Waals surface area (Å²) >= 11 is 0. The summed E-state index contributed by atoms with van der Waals surface area (Å²) in [6, 6.07) is 0. The van der Waals surface area contributed by atoms with Crippen molar-refractivity contribution in [2.75, 3.05) is 0 Å². The second-order valence-corrected chi connectivity index (χ2v) is 6.63. The Morgan fingerprint density at radius 3 is 2.00 bits per heavy atom. The molecule has 5 heteroatoms. The highest BCUT2D eigenvalue weighted by molar-refractivity contribution is 5.79. The minimum Gasteiger partial charge on any atom is -0.390 e. The van der Waals surface area contributed by atoms with Crippen LogP contribution in [-0.4, -0.2) is 51.1 Å². The van der Waals surface area contributed by atoms with Crippen LogP contribution in [0.3, 0.4) is 0 Å². The van der Waals surface area contributed by atoms with Crippen LogP contribution in [0.2, 0.25) is 0 Å². The van der Waals surface area contributed by atoms with Crippen molar-refractivity contribution in [1.29, 1.82) is 0 Å². The highest BCUT2D eigenvalue weighted by atomic mass is 16.5. The number of ether oxygens (including phenoxy) is 1. The lowest BCUT2D eigenvalue weighted by molar-refractivity contribution is -0.191. The van der Waals surface area contributed by atoms with E-state index in [0.717, 1.165) is 0 Å². The SMILES string of the molecule is CC1OC(C)C(CC(=O)CC(C)(C)O)C(O)C1O.CCC. The van der Waals surface area contributed by atoms with E-state index in [1.165, 1.54) is 6.42 Å². The van der Waals surface area contributed by atoms with Gasteiger partial charge in [0.1, 0.15) is 11.9 Å². The minimum absolute atomic E-state index is 0.0363. The molecule has 0 aliphatic carbocycles. The molecule has 21 heavy (non-hydrogen) atoms. The molecule has 5 unspecified atom stereocenters. The maximum atomic E-state index is 11.8. The second-order valence-electron chi connectivity index (χ2n) is 6.63. The first-order valence-electron chi connectivity index (χ1n) is 7.79. The van der Waals surface area contributed by atoms with Gasteiger partial charge in [0, 0.05) is 18.8 Å². The highest BCUT2D eigenvalue weighted by Gasteiger charge is 2.41. The molecule has 0 saturated carbocycles. The van der Waals surface area contributed by atoms with Crippen molar-refractivity contribution in [3.05, 3.63) is 0 Å². The molecule has 0 aromatic heterocycles. The van der Waals surface area contributed by atoms with Gasteiger partial charge in [-0.2, -0.15) is 0 Å². The molecule has 1 aliphatic heterocycles. The summed E-state index contributed by atoms with van der Waals surface area (Å²) < 4.78 is 5.49. The fraction of sp³-hybridized carbons (Fsp3) is 0.938. The van der Waals surface area contributed by atoms with Gasteiger partial charge in [-0.1, -0.05) is 20.3 Å². The molecule has 5 nitrogen and oxygen atoms in total. The van der Waals surface area contributed by atoms with Crippen LogP contribution in [-0.2, 0) is 9.53 Å². The van der Waals surface area contributed by atoms with Crippen molar-refractivity contribution < 1.29 is 24.9 Å². The molecule has 0 spiro atoms. The van der Waals surface area contributed by atoms with Crippen LogP contribution in [0, 0.1) is 5.92 Å². The Bertz CT molecular complexity index is 310. The quantitative estimate of drug-likeness (QED) is 0.735. The van der Waals surface area contributed by atoms with Crippen molar-refractivity contribution in [3.63, 3.8) is 0 Å². The number of hydrogen-bond acceptors (Lipinski definition) is 5. The van der Waals surface area contributed by atoms with E-state index in [9.17, 15) is 20.1 Å². The normalized spacial score (nSPS) is 33.1. The third-order valence-electron chi connectivity index (χ3n) is 3.39. The molecule has 3 N–H and O–H groups in total. The van der Waals surface area contributed by atoms with E-state index in [1.807, 2.05) is 0 Å². The lowest BCUT2D eigenvalue weighted by atomic mass is 9.82. The molecular formula is C16H32O5. The second kappa shape index (κ2) is 8.83. The number of hydrogen-bond donors (Lipinski definition) is 3. The predicted molar refractivity (Wildman–Crippen MR) is 82.0 cm³/mol. The minimum atomic E-state index is -1.05. The molecule has 0 aromatic carbocycles. The van der Waals surface area contributed by atoms with E-state index in [2.05, 4.69) is 13.8 Å². The molecule has 1 saturated heterocycles. The highest BCUT2D eigenvalue weighted by Crippen LogP contribution is 2.29. The average Bonchev–Trinajstić information content (AvgIpc) is 2.31. The van der Waals surface area contributed by atoms with Crippen LogP contribution in [0.4, 0.5) is 0 Å². The summed E-state index contributed by atoms with van der Waals surface area (Å²) in [6.07, 6.45) is -1.26. The Balaban J connectivity index is 0.00000122. The molecule has 0 amide bonds. The number of rotatable bonds is 4. The third kappa shape index (κ3) is 7.36. The number of ketones is 1. The number of Topliss-reactive ketones (excluding diaryl/α,β-unsaturated/α-hetero) is 1. The molecule has 0 bridgehead atoms. The van der Waals surface area contributed by atoms with Gasteiger partial charge in [-0.15, -0.1) is 0 Å². The molecule has 0 radical (unpaired) electrons. The van der Waals surface area contributed by atoms with Gasteiger partial charge in [0.05, 0.1) is 23.9 Å². The van der Waals surface area contributed by atoms with E-state index in [4.69, 9.17) is 4.74 Å². The van der Waals surface area contributed by atoms with Gasteiger partial charge in [0.25, 0.3) is 0 Å². The van der Waals surface area contributed by atoms with Crippen LogP contribution in [0.1, 0.15) is 60.8 Å². The van der Waals surface area contributed by atoms with Gasteiger partial charge in [-0.25, -0.2) is 0 Å². The Morgan fingerprint density at radius 2 is 1.57 bits per heavy atom. The van der Waals surface area contributed by atoms with E-state index < -0.39 is 29.8 Å².